The number of benzene rings is 1. The summed E-state index contributed by atoms with van der Waals surface area (Å²) in [6.07, 6.45) is 1.79. The molecule has 0 N–H and O–H groups in total. The number of nitrogens with zero attached hydrogens (tertiary/aromatic N) is 3. The molecule has 4 saturated heterocycles. The number of halogens is 3. The van der Waals surface area contributed by atoms with Gasteiger partial charge in [-0.05, 0) is 82.2 Å². The molecule has 4 aliphatic heterocycles. The summed E-state index contributed by atoms with van der Waals surface area (Å²) in [6, 6.07) is 4.52. The summed E-state index contributed by atoms with van der Waals surface area (Å²) in [5.74, 6) is 0.527. The second kappa shape index (κ2) is 9.10. The van der Waals surface area contributed by atoms with Gasteiger partial charge in [0.2, 0.25) is 5.91 Å². The van der Waals surface area contributed by atoms with Crippen molar-refractivity contribution in [2.24, 2.45) is 11.3 Å². The van der Waals surface area contributed by atoms with Gasteiger partial charge in [-0.2, -0.15) is 13.2 Å². The highest BCUT2D eigenvalue weighted by molar-refractivity contribution is 6.00. The Labute approximate surface area is 193 Å². The molecule has 4 aliphatic rings. The fourth-order valence-corrected chi connectivity index (χ4v) is 6.13. The molecule has 33 heavy (non-hydrogen) atoms. The molecule has 1 amide bonds. The number of likely N-dealkylation sites (tertiary alicyclic amines) is 1. The van der Waals surface area contributed by atoms with Gasteiger partial charge in [0.1, 0.15) is 0 Å². The Morgan fingerprint density at radius 2 is 1.64 bits per heavy atom. The van der Waals surface area contributed by atoms with Crippen LogP contribution >= 0.6 is 0 Å². The number of carbonyl (C=O) groups excluding carboxylic acids is 1. The highest BCUT2D eigenvalue weighted by Crippen LogP contribution is 2.47. The number of carbonyl (C=O) groups is 1. The fraction of sp³-hybridized carbons (Fsp3) is 0.720. The third-order valence-electron chi connectivity index (χ3n) is 8.23. The molecule has 0 radical (unpaired) electrons. The van der Waals surface area contributed by atoms with E-state index in [9.17, 15) is 18.0 Å². The molecule has 0 atom stereocenters. The van der Waals surface area contributed by atoms with Gasteiger partial charge in [-0.15, -0.1) is 0 Å². The van der Waals surface area contributed by atoms with Gasteiger partial charge in [0, 0.05) is 45.1 Å². The molecule has 0 bridgehead atoms. The van der Waals surface area contributed by atoms with Crippen molar-refractivity contribution >= 4 is 17.3 Å². The minimum Gasteiger partial charge on any atom is -0.381 e. The lowest BCUT2D eigenvalue weighted by Crippen LogP contribution is -2.46. The largest absolute Gasteiger partial charge is 0.418 e. The van der Waals surface area contributed by atoms with Crippen LogP contribution in [0.2, 0.25) is 0 Å². The van der Waals surface area contributed by atoms with Crippen LogP contribution in [-0.2, 0) is 15.7 Å². The fourth-order valence-electron chi connectivity index (χ4n) is 6.13. The van der Waals surface area contributed by atoms with Crippen molar-refractivity contribution in [1.82, 2.24) is 4.90 Å². The smallest absolute Gasteiger partial charge is 0.381 e. The number of hydrogen-bond acceptors (Lipinski definition) is 4. The summed E-state index contributed by atoms with van der Waals surface area (Å²) in [6.45, 7) is 6.31. The van der Waals surface area contributed by atoms with Crippen molar-refractivity contribution in [2.45, 2.75) is 51.1 Å². The second-order valence-electron chi connectivity index (χ2n) is 10.2. The lowest BCUT2D eigenvalue weighted by atomic mass is 9.77. The number of anilines is 2. The lowest BCUT2D eigenvalue weighted by molar-refractivity contribution is -0.137. The van der Waals surface area contributed by atoms with Gasteiger partial charge in [-0.1, -0.05) is 0 Å². The van der Waals surface area contributed by atoms with Gasteiger partial charge in [0.05, 0.1) is 16.7 Å². The van der Waals surface area contributed by atoms with Gasteiger partial charge in [-0.3, -0.25) is 4.79 Å². The van der Waals surface area contributed by atoms with Crippen molar-refractivity contribution in [2.75, 3.05) is 62.3 Å². The highest BCUT2D eigenvalue weighted by atomic mass is 19.4. The number of amides is 1. The molecular weight excluding hydrogens is 431 g/mol. The minimum absolute atomic E-state index is 0.0250. The Morgan fingerprint density at radius 3 is 2.30 bits per heavy atom. The maximum Gasteiger partial charge on any atom is 0.418 e. The third-order valence-corrected chi connectivity index (χ3v) is 8.23. The van der Waals surface area contributed by atoms with Crippen molar-refractivity contribution < 1.29 is 22.7 Å². The Balaban J connectivity index is 1.30. The Kier molecular flexibility index (Phi) is 6.33. The van der Waals surface area contributed by atoms with Gasteiger partial charge in [0.25, 0.3) is 0 Å². The van der Waals surface area contributed by atoms with Crippen LogP contribution in [0.5, 0.6) is 0 Å². The van der Waals surface area contributed by atoms with E-state index in [1.807, 2.05) is 4.90 Å². The van der Waals surface area contributed by atoms with Crippen molar-refractivity contribution in [3.63, 3.8) is 0 Å². The van der Waals surface area contributed by atoms with Crippen molar-refractivity contribution in [3.8, 4) is 0 Å². The summed E-state index contributed by atoms with van der Waals surface area (Å²) in [7, 11) is 0. The van der Waals surface area contributed by atoms with E-state index in [0.29, 0.717) is 24.6 Å². The van der Waals surface area contributed by atoms with E-state index in [1.165, 1.54) is 17.0 Å². The zero-order valence-corrected chi connectivity index (χ0v) is 19.2. The molecule has 0 saturated carbocycles. The van der Waals surface area contributed by atoms with Crippen LogP contribution in [0.4, 0.5) is 24.5 Å². The molecule has 8 heteroatoms. The second-order valence-corrected chi connectivity index (χ2v) is 10.2. The Hall–Kier alpha value is -1.80. The quantitative estimate of drug-likeness (QED) is 0.654. The van der Waals surface area contributed by atoms with Gasteiger partial charge in [0.15, 0.2) is 0 Å². The van der Waals surface area contributed by atoms with Gasteiger partial charge >= 0.3 is 6.18 Å². The van der Waals surface area contributed by atoms with Crippen LogP contribution in [0.3, 0.4) is 0 Å². The van der Waals surface area contributed by atoms with E-state index in [-0.39, 0.29) is 11.6 Å². The molecule has 0 aliphatic carbocycles. The first-order valence-electron chi connectivity index (χ1n) is 12.4. The molecule has 1 aromatic rings. The SMILES string of the molecule is O=C1N(c2ccc(N3CCCC3)cc2C(F)(F)F)CCC12CCN(CC1CCOCC1)CC2. The lowest BCUT2D eigenvalue weighted by Gasteiger charge is -2.39. The Morgan fingerprint density at radius 1 is 0.970 bits per heavy atom. The first-order valence-corrected chi connectivity index (χ1v) is 12.4. The summed E-state index contributed by atoms with van der Waals surface area (Å²) < 4.78 is 47.5. The van der Waals surface area contributed by atoms with E-state index >= 15 is 0 Å². The summed E-state index contributed by atoms with van der Waals surface area (Å²) in [4.78, 5) is 19.4. The summed E-state index contributed by atoms with van der Waals surface area (Å²) in [5, 5.41) is 0. The minimum atomic E-state index is -4.49. The number of hydrogen-bond donors (Lipinski definition) is 0. The number of piperidine rings is 1. The standard InChI is InChI=1S/C25H34F3N3O2/c26-25(27,28)21-17-20(30-10-1-2-11-30)3-4-22(21)31-14-9-24(23(31)32)7-12-29(13-8-24)18-19-5-15-33-16-6-19/h3-4,17,19H,1-2,5-16,18H2. The third kappa shape index (κ3) is 4.61. The van der Waals surface area contributed by atoms with Crippen LogP contribution in [0, 0.1) is 11.3 Å². The van der Waals surface area contributed by atoms with Crippen LogP contribution < -0.4 is 9.80 Å². The number of ether oxygens (including phenoxy) is 1. The van der Waals surface area contributed by atoms with Crippen LogP contribution in [-0.4, -0.2) is 63.3 Å². The molecule has 4 heterocycles. The van der Waals surface area contributed by atoms with E-state index < -0.39 is 17.2 Å². The van der Waals surface area contributed by atoms with Crippen LogP contribution in [0.15, 0.2) is 18.2 Å². The molecule has 1 spiro atoms. The average molecular weight is 466 g/mol. The molecule has 4 fully saturated rings. The first-order chi connectivity index (χ1) is 15.9. The van der Waals surface area contributed by atoms with Crippen molar-refractivity contribution in [3.05, 3.63) is 23.8 Å². The Bertz CT molecular complexity index is 855. The molecule has 182 valence electrons. The van der Waals surface area contributed by atoms with Gasteiger partial charge < -0.3 is 19.4 Å². The average Bonchev–Trinajstić information content (AvgIpc) is 3.45. The normalized spacial score (nSPS) is 24.9. The molecule has 0 aromatic heterocycles. The first kappa shape index (κ1) is 23.0. The molecule has 5 rings (SSSR count). The monoisotopic (exact) mass is 465 g/mol. The molecule has 5 nitrogen and oxygen atoms in total. The van der Waals surface area contributed by atoms with E-state index in [4.69, 9.17) is 4.74 Å². The molecule has 1 aromatic carbocycles. The number of rotatable bonds is 4. The number of alkyl halides is 3. The predicted octanol–water partition coefficient (Wildman–Crippen LogP) is 4.55. The van der Waals surface area contributed by atoms with Crippen molar-refractivity contribution in [1.29, 1.82) is 0 Å². The van der Waals surface area contributed by atoms with E-state index in [0.717, 1.165) is 84.5 Å². The molecule has 0 unspecified atom stereocenters. The van der Waals surface area contributed by atoms with Crippen LogP contribution in [0.1, 0.15) is 50.5 Å². The maximum atomic E-state index is 14.0. The maximum absolute atomic E-state index is 14.0. The van der Waals surface area contributed by atoms with Crippen LogP contribution in [0.25, 0.3) is 0 Å². The predicted molar refractivity (Wildman–Crippen MR) is 122 cm³/mol. The topological polar surface area (TPSA) is 36.0 Å². The summed E-state index contributed by atoms with van der Waals surface area (Å²) >= 11 is 0. The zero-order chi connectivity index (χ0) is 23.1. The van der Waals surface area contributed by atoms with Gasteiger partial charge in [-0.25, -0.2) is 0 Å². The highest BCUT2D eigenvalue weighted by Gasteiger charge is 2.50. The zero-order valence-electron chi connectivity index (χ0n) is 19.2. The summed E-state index contributed by atoms with van der Waals surface area (Å²) in [5.41, 5.74) is -0.569. The molecular formula is C25H34F3N3O2. The van der Waals surface area contributed by atoms with E-state index in [2.05, 4.69) is 4.90 Å². The van der Waals surface area contributed by atoms with E-state index in [1.54, 1.807) is 6.07 Å².